The van der Waals surface area contributed by atoms with Crippen LogP contribution in [0.4, 0.5) is 0 Å². The van der Waals surface area contributed by atoms with Crippen molar-refractivity contribution in [3.05, 3.63) is 72.8 Å². The molecule has 2 aromatic rings. The normalized spacial score (nSPS) is 19.8. The van der Waals surface area contributed by atoms with Gasteiger partial charge >= 0.3 is 8.56 Å². The predicted octanol–water partition coefficient (Wildman–Crippen LogP) is 2.24. The van der Waals surface area contributed by atoms with Crippen molar-refractivity contribution in [3.8, 4) is 0 Å². The van der Waals surface area contributed by atoms with Crippen molar-refractivity contribution < 1.29 is 8.85 Å². The molecule has 0 fully saturated rings. The highest BCUT2D eigenvalue weighted by Gasteiger charge is 2.42. The first-order valence-electron chi connectivity index (χ1n) is 6.96. The second-order valence-corrected chi connectivity index (χ2v) is 7.73. The summed E-state index contributed by atoms with van der Waals surface area (Å²) in [5.41, 5.74) is 0. The molecule has 0 unspecified atom stereocenters. The summed E-state index contributed by atoms with van der Waals surface area (Å²) in [5.74, 6) is 0. The highest BCUT2D eigenvalue weighted by molar-refractivity contribution is 6.92. The van der Waals surface area contributed by atoms with Gasteiger partial charge in [-0.2, -0.15) is 0 Å². The monoisotopic (exact) mass is 282 g/mol. The quantitative estimate of drug-likeness (QED) is 0.621. The number of rotatable bonds is 2. The predicted molar refractivity (Wildman–Crippen MR) is 83.6 cm³/mol. The van der Waals surface area contributed by atoms with Crippen LogP contribution in [0.5, 0.6) is 0 Å². The molecule has 0 aliphatic carbocycles. The van der Waals surface area contributed by atoms with Crippen LogP contribution in [0.25, 0.3) is 0 Å². The lowest BCUT2D eigenvalue weighted by atomic mass is 10.4. The number of hydrogen-bond donors (Lipinski definition) is 0. The lowest BCUT2D eigenvalue weighted by Gasteiger charge is -2.32. The lowest BCUT2D eigenvalue weighted by molar-refractivity contribution is 0.205. The van der Waals surface area contributed by atoms with Gasteiger partial charge in [-0.25, -0.2) is 0 Å². The van der Waals surface area contributed by atoms with Gasteiger partial charge < -0.3 is 8.85 Å². The molecule has 1 heterocycles. The zero-order valence-electron chi connectivity index (χ0n) is 11.4. The van der Waals surface area contributed by atoms with Crippen molar-refractivity contribution in [2.45, 2.75) is 6.42 Å². The van der Waals surface area contributed by atoms with Crippen LogP contribution in [0, 0.1) is 0 Å². The lowest BCUT2D eigenvalue weighted by Crippen LogP contribution is -2.63. The Morgan fingerprint density at radius 1 is 0.700 bits per heavy atom. The van der Waals surface area contributed by atoms with Gasteiger partial charge in [0.05, 0.1) is 6.61 Å². The first-order chi connectivity index (χ1) is 9.92. The maximum absolute atomic E-state index is 6.31. The molecule has 20 heavy (non-hydrogen) atoms. The Kier molecular flexibility index (Phi) is 4.11. The van der Waals surface area contributed by atoms with E-state index in [4.69, 9.17) is 8.85 Å². The molecule has 0 aromatic heterocycles. The van der Waals surface area contributed by atoms with Crippen LogP contribution >= 0.6 is 0 Å². The van der Waals surface area contributed by atoms with Gasteiger partial charge in [0.1, 0.15) is 0 Å². The second kappa shape index (κ2) is 6.18. The maximum Gasteiger partial charge on any atom is 0.407 e. The van der Waals surface area contributed by atoms with E-state index in [2.05, 4.69) is 36.4 Å². The molecule has 1 aliphatic rings. The van der Waals surface area contributed by atoms with Crippen LogP contribution < -0.4 is 10.4 Å². The summed E-state index contributed by atoms with van der Waals surface area (Å²) >= 11 is 0. The molecule has 0 radical (unpaired) electrons. The summed E-state index contributed by atoms with van der Waals surface area (Å²) in [6.07, 6.45) is 5.15. The summed E-state index contributed by atoms with van der Waals surface area (Å²) in [6, 6.07) is 20.7. The molecule has 3 rings (SSSR count). The van der Waals surface area contributed by atoms with Crippen molar-refractivity contribution in [3.63, 3.8) is 0 Å². The number of benzene rings is 2. The van der Waals surface area contributed by atoms with Crippen molar-refractivity contribution in [1.82, 2.24) is 0 Å². The standard InChI is InChI=1S/C17H18O2Si/c1-4-10-16(11-5-1)20(17-12-6-2-7-13-17)18-14-8-3-9-15-19-20/h1-8,10-13H,9,14-15H2/b8-3-. The van der Waals surface area contributed by atoms with E-state index < -0.39 is 8.56 Å². The minimum absolute atomic E-state index is 0.607. The van der Waals surface area contributed by atoms with E-state index >= 15 is 0 Å². The zero-order valence-corrected chi connectivity index (χ0v) is 12.4. The van der Waals surface area contributed by atoms with E-state index in [9.17, 15) is 0 Å². The Morgan fingerprint density at radius 3 is 1.90 bits per heavy atom. The van der Waals surface area contributed by atoms with Crippen molar-refractivity contribution >= 4 is 18.9 Å². The first kappa shape index (κ1) is 13.3. The molecule has 2 aromatic carbocycles. The van der Waals surface area contributed by atoms with E-state index in [1.165, 1.54) is 10.4 Å². The van der Waals surface area contributed by atoms with Gasteiger partial charge in [0, 0.05) is 6.61 Å². The van der Waals surface area contributed by atoms with Gasteiger partial charge in [0.15, 0.2) is 0 Å². The second-order valence-electron chi connectivity index (χ2n) is 4.77. The van der Waals surface area contributed by atoms with Crippen LogP contribution in [-0.2, 0) is 8.85 Å². The summed E-state index contributed by atoms with van der Waals surface area (Å²) in [5, 5.41) is 2.34. The minimum Gasteiger partial charge on any atom is -0.387 e. The van der Waals surface area contributed by atoms with E-state index in [1.54, 1.807) is 0 Å². The van der Waals surface area contributed by atoms with Crippen LogP contribution in [0.2, 0.25) is 0 Å². The third-order valence-corrected chi connectivity index (χ3v) is 6.82. The molecular formula is C17H18O2Si. The zero-order chi connectivity index (χ0) is 13.7. The Morgan fingerprint density at radius 2 is 1.30 bits per heavy atom. The SMILES string of the molecule is C1=C\CO[Si](c2ccccc2)(c2ccccc2)OCC/1. The Balaban J connectivity index is 2.09. The Bertz CT molecular complexity index is 527. The fourth-order valence-corrected chi connectivity index (χ4v) is 5.56. The summed E-state index contributed by atoms with van der Waals surface area (Å²) in [4.78, 5) is 0. The fraction of sp³-hybridized carbons (Fsp3) is 0.176. The van der Waals surface area contributed by atoms with Crippen LogP contribution in [0.3, 0.4) is 0 Å². The minimum atomic E-state index is -2.57. The Labute approximate surface area is 120 Å². The first-order valence-corrected chi connectivity index (χ1v) is 8.77. The van der Waals surface area contributed by atoms with Gasteiger partial charge in [-0.05, 0) is 16.8 Å². The molecular weight excluding hydrogens is 264 g/mol. The third kappa shape index (κ3) is 2.61. The summed E-state index contributed by atoms with van der Waals surface area (Å²) < 4.78 is 12.6. The van der Waals surface area contributed by atoms with Crippen molar-refractivity contribution in [2.75, 3.05) is 13.2 Å². The third-order valence-electron chi connectivity index (χ3n) is 3.45. The topological polar surface area (TPSA) is 18.5 Å². The molecule has 1 aliphatic heterocycles. The van der Waals surface area contributed by atoms with Gasteiger partial charge in [-0.1, -0.05) is 72.8 Å². The molecule has 0 saturated heterocycles. The van der Waals surface area contributed by atoms with Gasteiger partial charge in [0.25, 0.3) is 0 Å². The highest BCUT2D eigenvalue weighted by atomic mass is 28.4. The maximum atomic E-state index is 6.31. The molecule has 0 amide bonds. The molecule has 0 saturated carbocycles. The molecule has 0 N–H and O–H groups in total. The van der Waals surface area contributed by atoms with Gasteiger partial charge in [-0.3, -0.25) is 0 Å². The fourth-order valence-electron chi connectivity index (χ4n) is 2.48. The highest BCUT2D eigenvalue weighted by Crippen LogP contribution is 2.12. The molecule has 0 atom stereocenters. The molecule has 0 bridgehead atoms. The summed E-state index contributed by atoms with van der Waals surface area (Å²) in [6.45, 7) is 1.31. The smallest absolute Gasteiger partial charge is 0.387 e. The van der Waals surface area contributed by atoms with Gasteiger partial charge in [0.2, 0.25) is 0 Å². The average Bonchev–Trinajstić information content (AvgIpc) is 2.49. The molecule has 2 nitrogen and oxygen atoms in total. The molecule has 0 spiro atoms. The summed E-state index contributed by atoms with van der Waals surface area (Å²) in [7, 11) is -2.57. The largest absolute Gasteiger partial charge is 0.407 e. The Hall–Kier alpha value is -1.68. The number of hydrogen-bond acceptors (Lipinski definition) is 2. The van der Waals surface area contributed by atoms with E-state index in [1.807, 2.05) is 36.4 Å². The average molecular weight is 282 g/mol. The van der Waals surface area contributed by atoms with E-state index in [0.717, 1.165) is 6.42 Å². The van der Waals surface area contributed by atoms with Crippen molar-refractivity contribution in [1.29, 1.82) is 0 Å². The van der Waals surface area contributed by atoms with Gasteiger partial charge in [-0.15, -0.1) is 0 Å². The van der Waals surface area contributed by atoms with Crippen LogP contribution in [0.15, 0.2) is 72.8 Å². The van der Waals surface area contributed by atoms with Crippen LogP contribution in [0.1, 0.15) is 6.42 Å². The molecule has 3 heteroatoms. The van der Waals surface area contributed by atoms with Crippen molar-refractivity contribution in [2.24, 2.45) is 0 Å². The van der Waals surface area contributed by atoms with E-state index in [0.29, 0.717) is 13.2 Å². The molecule has 102 valence electrons. The van der Waals surface area contributed by atoms with E-state index in [-0.39, 0.29) is 0 Å². The van der Waals surface area contributed by atoms with Crippen LogP contribution in [-0.4, -0.2) is 21.8 Å².